The minimum Gasteiger partial charge on any atom is -0.456 e. The summed E-state index contributed by atoms with van der Waals surface area (Å²) in [5.41, 5.74) is 0. The van der Waals surface area contributed by atoms with Gasteiger partial charge in [0, 0.05) is 13.7 Å². The van der Waals surface area contributed by atoms with E-state index in [1.54, 1.807) is 13.2 Å². The number of ether oxygens (including phenoxy) is 2. The summed E-state index contributed by atoms with van der Waals surface area (Å²) >= 11 is 0. The predicted octanol–water partition coefficient (Wildman–Crippen LogP) is 1.61. The number of carbonyl (C=O) groups is 1. The fourth-order valence-corrected chi connectivity index (χ4v) is 3.11. The molecule has 1 aliphatic carbocycles. The van der Waals surface area contributed by atoms with Gasteiger partial charge in [-0.2, -0.15) is 0 Å². The van der Waals surface area contributed by atoms with Gasteiger partial charge in [0.15, 0.2) is 5.76 Å². The molecule has 0 radical (unpaired) electrons. The molecule has 3 atom stereocenters. The summed E-state index contributed by atoms with van der Waals surface area (Å²) in [6.07, 6.45) is 1.96. The van der Waals surface area contributed by atoms with Crippen molar-refractivity contribution in [2.24, 2.45) is 0 Å². The maximum absolute atomic E-state index is 12.5. The van der Waals surface area contributed by atoms with Crippen LogP contribution in [0.3, 0.4) is 0 Å². The minimum atomic E-state index is -0.0387. The van der Waals surface area contributed by atoms with Gasteiger partial charge in [-0.3, -0.25) is 4.79 Å². The molecule has 1 aromatic heterocycles. The minimum absolute atomic E-state index is 0.00115. The van der Waals surface area contributed by atoms with Crippen LogP contribution >= 0.6 is 0 Å². The molecule has 5 nitrogen and oxygen atoms in total. The van der Waals surface area contributed by atoms with Crippen LogP contribution in [0.1, 0.15) is 29.2 Å². The number of aryl methyl sites for hydroxylation is 1. The average molecular weight is 265 g/mol. The molecule has 1 aromatic rings. The number of hydrogen-bond donors (Lipinski definition) is 0. The van der Waals surface area contributed by atoms with E-state index in [2.05, 4.69) is 0 Å². The summed E-state index contributed by atoms with van der Waals surface area (Å²) in [6.45, 7) is 3.03. The number of fused-ring (bicyclic) bond motifs is 1. The molecular formula is C14H19NO4. The zero-order chi connectivity index (χ0) is 13.4. The number of rotatable bonds is 2. The monoisotopic (exact) mass is 265 g/mol. The Hall–Kier alpha value is -1.33. The summed E-state index contributed by atoms with van der Waals surface area (Å²) < 4.78 is 16.6. The van der Waals surface area contributed by atoms with E-state index in [1.807, 2.05) is 17.9 Å². The van der Waals surface area contributed by atoms with Crippen LogP contribution in [-0.2, 0) is 9.47 Å². The second-order valence-corrected chi connectivity index (χ2v) is 5.16. The molecule has 0 N–H and O–H groups in total. The van der Waals surface area contributed by atoms with Crippen molar-refractivity contribution in [3.63, 3.8) is 0 Å². The van der Waals surface area contributed by atoms with Gasteiger partial charge in [0.1, 0.15) is 11.9 Å². The molecule has 19 heavy (non-hydrogen) atoms. The van der Waals surface area contributed by atoms with Crippen molar-refractivity contribution in [1.82, 2.24) is 4.90 Å². The second-order valence-electron chi connectivity index (χ2n) is 5.16. The molecule has 0 unspecified atom stereocenters. The first-order chi connectivity index (χ1) is 9.20. The molecule has 1 saturated carbocycles. The molecule has 2 aliphatic rings. The lowest BCUT2D eigenvalue weighted by molar-refractivity contribution is -0.0950. The Balaban J connectivity index is 1.79. The maximum atomic E-state index is 12.5. The average Bonchev–Trinajstić information content (AvgIpc) is 3.03. The summed E-state index contributed by atoms with van der Waals surface area (Å²) in [5, 5.41) is 0. The van der Waals surface area contributed by atoms with Crippen molar-refractivity contribution in [2.45, 2.75) is 38.0 Å². The Morgan fingerprint density at radius 1 is 1.42 bits per heavy atom. The van der Waals surface area contributed by atoms with Crippen molar-refractivity contribution in [3.05, 3.63) is 23.7 Å². The number of furan rings is 1. The third-order valence-electron chi connectivity index (χ3n) is 4.05. The highest BCUT2D eigenvalue weighted by Gasteiger charge is 2.45. The quantitative estimate of drug-likeness (QED) is 0.815. The molecule has 104 valence electrons. The first kappa shape index (κ1) is 12.7. The maximum Gasteiger partial charge on any atom is 0.289 e. The Kier molecular flexibility index (Phi) is 3.33. The molecule has 1 aliphatic heterocycles. The Morgan fingerprint density at radius 2 is 2.26 bits per heavy atom. The van der Waals surface area contributed by atoms with Gasteiger partial charge in [-0.25, -0.2) is 0 Å². The molecule has 0 spiro atoms. The van der Waals surface area contributed by atoms with Crippen LogP contribution in [0.4, 0.5) is 0 Å². The Bertz CT molecular complexity index is 470. The number of methoxy groups -OCH3 is 1. The van der Waals surface area contributed by atoms with E-state index in [1.165, 1.54) is 0 Å². The van der Waals surface area contributed by atoms with Crippen LogP contribution in [0, 0.1) is 6.92 Å². The number of morpholine rings is 1. The largest absolute Gasteiger partial charge is 0.456 e. The number of amides is 1. The smallest absolute Gasteiger partial charge is 0.289 e. The molecule has 1 saturated heterocycles. The van der Waals surface area contributed by atoms with Gasteiger partial charge in [-0.05, 0) is 31.9 Å². The van der Waals surface area contributed by atoms with E-state index in [0.717, 1.165) is 18.6 Å². The normalized spacial score (nSPS) is 30.4. The summed E-state index contributed by atoms with van der Waals surface area (Å²) in [4.78, 5) is 14.4. The van der Waals surface area contributed by atoms with Crippen molar-refractivity contribution < 1.29 is 18.7 Å². The fourth-order valence-electron chi connectivity index (χ4n) is 3.11. The molecular weight excluding hydrogens is 246 g/mol. The van der Waals surface area contributed by atoms with Crippen LogP contribution in [0.25, 0.3) is 0 Å². The SMILES string of the molecule is CO[C@@H]1CC[C@H]2[C@H]1OCCN2C(=O)c1ccc(C)o1. The van der Waals surface area contributed by atoms with Crippen LogP contribution in [0.15, 0.2) is 16.5 Å². The number of nitrogens with zero attached hydrogens (tertiary/aromatic N) is 1. The van der Waals surface area contributed by atoms with Gasteiger partial charge in [-0.1, -0.05) is 0 Å². The summed E-state index contributed by atoms with van der Waals surface area (Å²) in [7, 11) is 1.70. The van der Waals surface area contributed by atoms with Gasteiger partial charge in [0.05, 0.1) is 18.8 Å². The van der Waals surface area contributed by atoms with E-state index >= 15 is 0 Å². The van der Waals surface area contributed by atoms with E-state index in [4.69, 9.17) is 13.9 Å². The molecule has 1 amide bonds. The number of hydrogen-bond acceptors (Lipinski definition) is 4. The van der Waals surface area contributed by atoms with Crippen LogP contribution in [0.2, 0.25) is 0 Å². The van der Waals surface area contributed by atoms with E-state index in [0.29, 0.717) is 18.9 Å². The predicted molar refractivity (Wildman–Crippen MR) is 68.0 cm³/mol. The van der Waals surface area contributed by atoms with Crippen LogP contribution in [0.5, 0.6) is 0 Å². The van der Waals surface area contributed by atoms with Crippen molar-refractivity contribution in [2.75, 3.05) is 20.3 Å². The van der Waals surface area contributed by atoms with Gasteiger partial charge in [-0.15, -0.1) is 0 Å². The molecule has 3 rings (SSSR count). The zero-order valence-electron chi connectivity index (χ0n) is 11.3. The Labute approximate surface area is 112 Å². The third kappa shape index (κ3) is 2.17. The molecule has 2 heterocycles. The third-order valence-corrected chi connectivity index (χ3v) is 4.05. The van der Waals surface area contributed by atoms with Gasteiger partial charge < -0.3 is 18.8 Å². The van der Waals surface area contributed by atoms with Gasteiger partial charge >= 0.3 is 0 Å². The van der Waals surface area contributed by atoms with Gasteiger partial charge in [0.25, 0.3) is 5.91 Å². The topological polar surface area (TPSA) is 51.9 Å². The molecule has 2 fully saturated rings. The summed E-state index contributed by atoms with van der Waals surface area (Å²) in [6, 6.07) is 3.67. The van der Waals surface area contributed by atoms with Gasteiger partial charge in [0.2, 0.25) is 0 Å². The standard InChI is InChI=1S/C14H19NO4/c1-9-3-5-12(19-9)14(16)15-7-8-18-13-10(15)4-6-11(13)17-2/h3,5,10-11,13H,4,6-8H2,1-2H3/t10-,11+,13+/m0/s1. The van der Waals surface area contributed by atoms with Crippen LogP contribution < -0.4 is 0 Å². The van der Waals surface area contributed by atoms with Crippen molar-refractivity contribution in [1.29, 1.82) is 0 Å². The fraction of sp³-hybridized carbons (Fsp3) is 0.643. The van der Waals surface area contributed by atoms with Crippen LogP contribution in [-0.4, -0.2) is 49.3 Å². The lowest BCUT2D eigenvalue weighted by Gasteiger charge is -2.38. The second kappa shape index (κ2) is 4.98. The molecule has 5 heteroatoms. The Morgan fingerprint density at radius 3 is 2.95 bits per heavy atom. The highest BCUT2D eigenvalue weighted by Crippen LogP contribution is 2.32. The van der Waals surface area contributed by atoms with Crippen molar-refractivity contribution >= 4 is 5.91 Å². The highest BCUT2D eigenvalue weighted by atomic mass is 16.5. The molecule has 0 aromatic carbocycles. The first-order valence-corrected chi connectivity index (χ1v) is 6.72. The lowest BCUT2D eigenvalue weighted by Crippen LogP contribution is -2.53. The molecule has 0 bridgehead atoms. The highest BCUT2D eigenvalue weighted by molar-refractivity contribution is 5.92. The zero-order valence-corrected chi connectivity index (χ0v) is 11.3. The number of carbonyl (C=O) groups excluding carboxylic acids is 1. The van der Waals surface area contributed by atoms with E-state index in [9.17, 15) is 4.79 Å². The first-order valence-electron chi connectivity index (χ1n) is 6.72. The summed E-state index contributed by atoms with van der Waals surface area (Å²) in [5.74, 6) is 1.14. The van der Waals surface area contributed by atoms with E-state index in [-0.39, 0.29) is 24.2 Å². The van der Waals surface area contributed by atoms with Crippen molar-refractivity contribution in [3.8, 4) is 0 Å². The lowest BCUT2D eigenvalue weighted by atomic mass is 10.1. The van der Waals surface area contributed by atoms with E-state index < -0.39 is 0 Å².